The molecule has 1 N–H and O–H groups in total. The molecule has 0 saturated carbocycles. The summed E-state index contributed by atoms with van der Waals surface area (Å²) in [4.78, 5) is 24.9. The lowest BCUT2D eigenvalue weighted by atomic mass is 10.0. The predicted molar refractivity (Wildman–Crippen MR) is 92.1 cm³/mol. The van der Waals surface area contributed by atoms with Crippen LogP contribution in [0.4, 0.5) is 4.39 Å². The zero-order valence-corrected chi connectivity index (χ0v) is 15.4. The SMILES string of the molecule is COCC[C@H](NC(=O)[C@H](Cc1cccc(F)c1)n1nnnc1C)C(=O)OC. The van der Waals surface area contributed by atoms with Crippen LogP contribution < -0.4 is 5.32 Å². The monoisotopic (exact) mass is 379 g/mol. The van der Waals surface area contributed by atoms with Crippen LogP contribution >= 0.6 is 0 Å². The summed E-state index contributed by atoms with van der Waals surface area (Å²) >= 11 is 0. The topological polar surface area (TPSA) is 108 Å². The molecular formula is C17H22FN5O4. The summed E-state index contributed by atoms with van der Waals surface area (Å²) in [5.41, 5.74) is 0.594. The number of halogens is 1. The number of ether oxygens (including phenoxy) is 2. The minimum absolute atomic E-state index is 0.146. The van der Waals surface area contributed by atoms with Gasteiger partial charge in [-0.3, -0.25) is 4.79 Å². The van der Waals surface area contributed by atoms with E-state index in [-0.39, 0.29) is 19.4 Å². The van der Waals surface area contributed by atoms with Crippen LogP contribution in [-0.2, 0) is 25.5 Å². The summed E-state index contributed by atoms with van der Waals surface area (Å²) in [5.74, 6) is -1.06. The number of carbonyl (C=O) groups is 2. The van der Waals surface area contributed by atoms with E-state index in [1.807, 2.05) is 0 Å². The number of hydrogen-bond donors (Lipinski definition) is 1. The van der Waals surface area contributed by atoms with Gasteiger partial charge < -0.3 is 14.8 Å². The van der Waals surface area contributed by atoms with Gasteiger partial charge in [-0.15, -0.1) is 5.10 Å². The van der Waals surface area contributed by atoms with Gasteiger partial charge >= 0.3 is 5.97 Å². The highest BCUT2D eigenvalue weighted by atomic mass is 19.1. The molecule has 2 aromatic rings. The number of carbonyl (C=O) groups excluding carboxylic acids is 2. The molecule has 1 heterocycles. The molecule has 2 rings (SSSR count). The molecule has 0 bridgehead atoms. The molecule has 1 amide bonds. The zero-order chi connectivity index (χ0) is 19.8. The average molecular weight is 379 g/mol. The van der Waals surface area contributed by atoms with Crippen LogP contribution in [0.15, 0.2) is 24.3 Å². The van der Waals surface area contributed by atoms with Gasteiger partial charge in [0.1, 0.15) is 23.7 Å². The number of methoxy groups -OCH3 is 2. The highest BCUT2D eigenvalue weighted by Crippen LogP contribution is 2.16. The van der Waals surface area contributed by atoms with Crippen LogP contribution in [0.2, 0.25) is 0 Å². The summed E-state index contributed by atoms with van der Waals surface area (Å²) in [6.45, 7) is 1.91. The number of benzene rings is 1. The van der Waals surface area contributed by atoms with Crippen LogP contribution in [0, 0.1) is 12.7 Å². The van der Waals surface area contributed by atoms with Gasteiger partial charge in [0.05, 0.1) is 7.11 Å². The number of esters is 1. The number of nitrogens with one attached hydrogen (secondary N) is 1. The maximum atomic E-state index is 13.5. The highest BCUT2D eigenvalue weighted by molar-refractivity contribution is 5.86. The van der Waals surface area contributed by atoms with Crippen molar-refractivity contribution in [1.29, 1.82) is 0 Å². The van der Waals surface area contributed by atoms with Crippen molar-refractivity contribution in [3.8, 4) is 0 Å². The normalized spacial score (nSPS) is 13.0. The van der Waals surface area contributed by atoms with Gasteiger partial charge in [-0.05, 0) is 35.0 Å². The lowest BCUT2D eigenvalue weighted by Gasteiger charge is -2.21. The summed E-state index contributed by atoms with van der Waals surface area (Å²) < 4.78 is 24.6. The summed E-state index contributed by atoms with van der Waals surface area (Å²) in [5, 5.41) is 13.9. The molecule has 0 saturated heterocycles. The minimum atomic E-state index is -0.880. The number of aryl methyl sites for hydroxylation is 1. The predicted octanol–water partition coefficient (Wildman–Crippen LogP) is 0.599. The Hall–Kier alpha value is -2.88. The standard InChI is InChI=1S/C17H22FN5O4/c1-11-20-21-22-23(11)15(10-12-5-4-6-13(18)9-12)16(24)19-14(7-8-26-2)17(25)27-3/h4-6,9,14-15H,7-8,10H2,1-3H3,(H,19,24)/t14-,15-/m0/s1. The van der Waals surface area contributed by atoms with Crippen LogP contribution in [-0.4, -0.2) is 59.0 Å². The Balaban J connectivity index is 2.25. The number of tetrazole rings is 1. The Kier molecular flexibility index (Phi) is 7.35. The smallest absolute Gasteiger partial charge is 0.328 e. The second kappa shape index (κ2) is 9.72. The Morgan fingerprint density at radius 3 is 2.70 bits per heavy atom. The van der Waals surface area contributed by atoms with E-state index < -0.39 is 29.8 Å². The third-order valence-electron chi connectivity index (χ3n) is 3.99. The van der Waals surface area contributed by atoms with Crippen LogP contribution in [0.1, 0.15) is 23.9 Å². The van der Waals surface area contributed by atoms with E-state index in [9.17, 15) is 14.0 Å². The van der Waals surface area contributed by atoms with Crippen molar-refractivity contribution in [2.24, 2.45) is 0 Å². The molecule has 146 valence electrons. The average Bonchev–Trinajstić information content (AvgIpc) is 3.08. The van der Waals surface area contributed by atoms with Gasteiger partial charge in [-0.25, -0.2) is 13.9 Å². The third-order valence-corrected chi connectivity index (χ3v) is 3.99. The van der Waals surface area contributed by atoms with E-state index in [0.717, 1.165) is 0 Å². The summed E-state index contributed by atoms with van der Waals surface area (Å²) in [7, 11) is 2.73. The van der Waals surface area contributed by atoms with Crippen LogP contribution in [0.3, 0.4) is 0 Å². The second-order valence-corrected chi connectivity index (χ2v) is 5.89. The molecule has 0 unspecified atom stereocenters. The first-order valence-corrected chi connectivity index (χ1v) is 8.32. The van der Waals surface area contributed by atoms with E-state index in [1.54, 1.807) is 19.1 Å². The molecule has 0 radical (unpaired) electrons. The van der Waals surface area contributed by atoms with Gasteiger partial charge in [-0.2, -0.15) is 0 Å². The molecule has 10 heteroatoms. The molecule has 0 aliphatic rings. The van der Waals surface area contributed by atoms with Crippen molar-refractivity contribution in [3.05, 3.63) is 41.5 Å². The third kappa shape index (κ3) is 5.55. The van der Waals surface area contributed by atoms with Crippen LogP contribution in [0.25, 0.3) is 0 Å². The second-order valence-electron chi connectivity index (χ2n) is 5.89. The molecule has 0 fully saturated rings. The number of nitrogens with zero attached hydrogens (tertiary/aromatic N) is 4. The van der Waals surface area contributed by atoms with Crippen molar-refractivity contribution in [3.63, 3.8) is 0 Å². The van der Waals surface area contributed by atoms with E-state index in [1.165, 1.54) is 31.0 Å². The first-order chi connectivity index (χ1) is 13.0. The molecule has 0 spiro atoms. The summed E-state index contributed by atoms with van der Waals surface area (Å²) in [6.07, 6.45) is 0.393. The van der Waals surface area contributed by atoms with E-state index in [4.69, 9.17) is 9.47 Å². The molecule has 1 aromatic heterocycles. The first-order valence-electron chi connectivity index (χ1n) is 8.32. The maximum Gasteiger partial charge on any atom is 0.328 e. The Morgan fingerprint density at radius 2 is 2.11 bits per heavy atom. The van der Waals surface area contributed by atoms with Gasteiger partial charge in [0.15, 0.2) is 0 Å². The van der Waals surface area contributed by atoms with E-state index >= 15 is 0 Å². The fourth-order valence-corrected chi connectivity index (χ4v) is 2.60. The fourth-order valence-electron chi connectivity index (χ4n) is 2.60. The Morgan fingerprint density at radius 1 is 1.33 bits per heavy atom. The Labute approximate surface area is 155 Å². The van der Waals surface area contributed by atoms with E-state index in [2.05, 4.69) is 20.8 Å². The van der Waals surface area contributed by atoms with Gasteiger partial charge in [0, 0.05) is 26.6 Å². The number of amides is 1. The van der Waals surface area contributed by atoms with Crippen molar-refractivity contribution in [1.82, 2.24) is 25.5 Å². The molecule has 0 aliphatic heterocycles. The molecule has 1 aromatic carbocycles. The van der Waals surface area contributed by atoms with Crippen molar-refractivity contribution in [2.45, 2.75) is 31.8 Å². The number of aromatic nitrogens is 4. The largest absolute Gasteiger partial charge is 0.467 e. The highest BCUT2D eigenvalue weighted by Gasteiger charge is 2.29. The number of hydrogen-bond acceptors (Lipinski definition) is 7. The van der Waals surface area contributed by atoms with Crippen molar-refractivity contribution in [2.75, 3.05) is 20.8 Å². The molecule has 9 nitrogen and oxygen atoms in total. The van der Waals surface area contributed by atoms with Crippen molar-refractivity contribution >= 4 is 11.9 Å². The first kappa shape index (κ1) is 20.4. The zero-order valence-electron chi connectivity index (χ0n) is 15.4. The summed E-state index contributed by atoms with van der Waals surface area (Å²) in [6, 6.07) is 4.17. The lowest BCUT2D eigenvalue weighted by Crippen LogP contribution is -2.46. The van der Waals surface area contributed by atoms with Crippen LogP contribution in [0.5, 0.6) is 0 Å². The minimum Gasteiger partial charge on any atom is -0.467 e. The molecule has 0 aliphatic carbocycles. The van der Waals surface area contributed by atoms with Gasteiger partial charge in [0.2, 0.25) is 5.91 Å². The van der Waals surface area contributed by atoms with Crippen molar-refractivity contribution < 1.29 is 23.5 Å². The molecule has 2 atom stereocenters. The molecule has 27 heavy (non-hydrogen) atoms. The van der Waals surface area contributed by atoms with Gasteiger partial charge in [0.25, 0.3) is 0 Å². The maximum absolute atomic E-state index is 13.5. The quantitative estimate of drug-likeness (QED) is 0.636. The van der Waals surface area contributed by atoms with E-state index in [0.29, 0.717) is 11.4 Å². The Bertz CT molecular complexity index is 782. The lowest BCUT2D eigenvalue weighted by molar-refractivity contribution is -0.146. The molecular weight excluding hydrogens is 357 g/mol. The number of rotatable bonds is 9. The van der Waals surface area contributed by atoms with Gasteiger partial charge in [-0.1, -0.05) is 12.1 Å². The fraction of sp³-hybridized carbons (Fsp3) is 0.471.